The number of fused-ring (bicyclic) bond motifs is 1. The van der Waals surface area contributed by atoms with Crippen molar-refractivity contribution < 1.29 is 9.52 Å². The van der Waals surface area contributed by atoms with Crippen LogP contribution in [0.3, 0.4) is 0 Å². The van der Waals surface area contributed by atoms with Gasteiger partial charge in [-0.25, -0.2) is 4.79 Å². The number of benzene rings is 2. The average Bonchev–Trinajstić information content (AvgIpc) is 2.55. The highest BCUT2D eigenvalue weighted by Crippen LogP contribution is 2.32. The summed E-state index contributed by atoms with van der Waals surface area (Å²) in [4.78, 5) is 11.9. The predicted octanol–water partition coefficient (Wildman–Crippen LogP) is 4.60. The molecule has 1 aromatic heterocycles. The van der Waals surface area contributed by atoms with Gasteiger partial charge in [0.15, 0.2) is 0 Å². The Labute approximate surface area is 136 Å². The van der Waals surface area contributed by atoms with E-state index in [0.717, 1.165) is 33.2 Å². The lowest BCUT2D eigenvalue weighted by molar-refractivity contribution is 0.281. The van der Waals surface area contributed by atoms with E-state index in [0.29, 0.717) is 5.58 Å². The van der Waals surface area contributed by atoms with E-state index in [1.165, 1.54) is 6.07 Å². The number of aryl methyl sites for hydroxylation is 2. The Morgan fingerprint density at radius 1 is 0.957 bits per heavy atom. The van der Waals surface area contributed by atoms with E-state index in [1.54, 1.807) is 6.07 Å². The van der Waals surface area contributed by atoms with Crippen LogP contribution in [0.4, 0.5) is 0 Å². The monoisotopic (exact) mass is 310 g/mol. The minimum absolute atomic E-state index is 0.0743. The van der Waals surface area contributed by atoms with Crippen LogP contribution in [0.5, 0.6) is 0 Å². The lowest BCUT2D eigenvalue weighted by atomic mass is 9.95. The fraction of sp³-hybridized carbons (Fsp3) is 0.250. The normalized spacial score (nSPS) is 10.3. The molecular weight excluding hydrogens is 288 g/mol. The van der Waals surface area contributed by atoms with Crippen molar-refractivity contribution in [2.75, 3.05) is 0 Å². The van der Waals surface area contributed by atoms with Crippen LogP contribution in [0.15, 0.2) is 51.7 Å². The summed E-state index contributed by atoms with van der Waals surface area (Å²) in [6, 6.07) is 13.1. The van der Waals surface area contributed by atoms with Crippen molar-refractivity contribution in [3.05, 3.63) is 69.6 Å². The summed E-state index contributed by atoms with van der Waals surface area (Å²) in [5.41, 5.74) is 4.87. The Morgan fingerprint density at radius 3 is 2.30 bits per heavy atom. The zero-order valence-electron chi connectivity index (χ0n) is 14.0. The molecule has 0 unspecified atom stereocenters. The van der Waals surface area contributed by atoms with E-state index in [2.05, 4.69) is 0 Å². The first-order valence-electron chi connectivity index (χ1n) is 7.84. The Balaban J connectivity index is 0.000000924. The van der Waals surface area contributed by atoms with Gasteiger partial charge in [0.05, 0.1) is 6.61 Å². The SMILES string of the molecule is CC.Cc1ccccc1-c1cc(=O)oc2cc(CO)cc(C)c12. The smallest absolute Gasteiger partial charge is 0.336 e. The molecular formula is C20H22O3. The molecule has 0 atom stereocenters. The van der Waals surface area contributed by atoms with Crippen LogP contribution in [-0.2, 0) is 6.61 Å². The van der Waals surface area contributed by atoms with Crippen molar-refractivity contribution in [1.82, 2.24) is 0 Å². The summed E-state index contributed by atoms with van der Waals surface area (Å²) in [5, 5.41) is 10.2. The number of aliphatic hydroxyl groups is 1. The van der Waals surface area contributed by atoms with Gasteiger partial charge in [-0.15, -0.1) is 0 Å². The third-order valence-corrected chi connectivity index (χ3v) is 3.72. The van der Waals surface area contributed by atoms with Crippen molar-refractivity contribution >= 4 is 11.0 Å². The minimum atomic E-state index is -0.379. The molecule has 2 aromatic carbocycles. The second kappa shape index (κ2) is 7.25. The molecule has 0 radical (unpaired) electrons. The van der Waals surface area contributed by atoms with E-state index in [1.807, 2.05) is 58.0 Å². The van der Waals surface area contributed by atoms with Gasteiger partial charge in [0.2, 0.25) is 0 Å². The van der Waals surface area contributed by atoms with Crippen molar-refractivity contribution in [1.29, 1.82) is 0 Å². The van der Waals surface area contributed by atoms with Crippen molar-refractivity contribution in [2.45, 2.75) is 34.3 Å². The molecule has 3 rings (SSSR count). The zero-order valence-corrected chi connectivity index (χ0v) is 14.0. The van der Waals surface area contributed by atoms with Gasteiger partial charge in [-0.05, 0) is 42.2 Å². The number of hydrogen-bond acceptors (Lipinski definition) is 3. The Morgan fingerprint density at radius 2 is 1.65 bits per heavy atom. The minimum Gasteiger partial charge on any atom is -0.423 e. The van der Waals surface area contributed by atoms with Gasteiger partial charge in [0.25, 0.3) is 0 Å². The molecule has 1 N–H and O–H groups in total. The largest absolute Gasteiger partial charge is 0.423 e. The molecule has 3 nitrogen and oxygen atoms in total. The average molecular weight is 310 g/mol. The number of aliphatic hydroxyl groups excluding tert-OH is 1. The van der Waals surface area contributed by atoms with Gasteiger partial charge in [0, 0.05) is 17.0 Å². The lowest BCUT2D eigenvalue weighted by Gasteiger charge is -2.11. The summed E-state index contributed by atoms with van der Waals surface area (Å²) in [6.45, 7) is 7.91. The second-order valence-electron chi connectivity index (χ2n) is 5.24. The molecule has 0 fully saturated rings. The maximum Gasteiger partial charge on any atom is 0.336 e. The summed E-state index contributed by atoms with van der Waals surface area (Å²) in [5.74, 6) is 0. The molecule has 0 bridgehead atoms. The maximum atomic E-state index is 11.9. The van der Waals surface area contributed by atoms with E-state index < -0.39 is 0 Å². The molecule has 3 aromatic rings. The van der Waals surface area contributed by atoms with Crippen molar-refractivity contribution in [3.8, 4) is 11.1 Å². The first kappa shape index (κ1) is 17.0. The van der Waals surface area contributed by atoms with Crippen LogP contribution in [0.2, 0.25) is 0 Å². The van der Waals surface area contributed by atoms with Crippen LogP contribution < -0.4 is 5.63 Å². The maximum absolute atomic E-state index is 11.9. The first-order chi connectivity index (χ1) is 11.1. The fourth-order valence-electron chi connectivity index (χ4n) is 2.76. The third-order valence-electron chi connectivity index (χ3n) is 3.72. The first-order valence-corrected chi connectivity index (χ1v) is 7.84. The number of hydrogen-bond donors (Lipinski definition) is 1. The van der Waals surface area contributed by atoms with Crippen LogP contribution in [-0.4, -0.2) is 5.11 Å². The van der Waals surface area contributed by atoms with Crippen molar-refractivity contribution in [2.24, 2.45) is 0 Å². The van der Waals surface area contributed by atoms with Crippen LogP contribution >= 0.6 is 0 Å². The molecule has 0 aliphatic rings. The molecule has 0 saturated heterocycles. The van der Waals surface area contributed by atoms with Gasteiger partial charge in [-0.2, -0.15) is 0 Å². The molecule has 0 aliphatic heterocycles. The van der Waals surface area contributed by atoms with E-state index in [9.17, 15) is 9.90 Å². The molecule has 0 saturated carbocycles. The Hall–Kier alpha value is -2.39. The van der Waals surface area contributed by atoms with Gasteiger partial charge < -0.3 is 9.52 Å². The fourth-order valence-corrected chi connectivity index (χ4v) is 2.76. The van der Waals surface area contributed by atoms with E-state index >= 15 is 0 Å². The van der Waals surface area contributed by atoms with Crippen LogP contribution in [0, 0.1) is 13.8 Å². The Kier molecular flexibility index (Phi) is 5.35. The van der Waals surface area contributed by atoms with Crippen LogP contribution in [0.25, 0.3) is 22.1 Å². The molecule has 3 heteroatoms. The van der Waals surface area contributed by atoms with E-state index in [-0.39, 0.29) is 12.2 Å². The summed E-state index contributed by atoms with van der Waals surface area (Å²) >= 11 is 0. The summed E-state index contributed by atoms with van der Waals surface area (Å²) in [6.07, 6.45) is 0. The summed E-state index contributed by atoms with van der Waals surface area (Å²) < 4.78 is 5.32. The molecule has 0 amide bonds. The zero-order chi connectivity index (χ0) is 17.0. The third kappa shape index (κ3) is 3.35. The highest BCUT2D eigenvalue weighted by Gasteiger charge is 2.12. The lowest BCUT2D eigenvalue weighted by Crippen LogP contribution is -2.01. The molecule has 0 spiro atoms. The topological polar surface area (TPSA) is 50.4 Å². The highest BCUT2D eigenvalue weighted by atomic mass is 16.4. The number of rotatable bonds is 2. The van der Waals surface area contributed by atoms with Crippen molar-refractivity contribution in [3.63, 3.8) is 0 Å². The second-order valence-corrected chi connectivity index (χ2v) is 5.24. The van der Waals surface area contributed by atoms with Gasteiger partial charge in [-0.1, -0.05) is 44.2 Å². The van der Waals surface area contributed by atoms with Gasteiger partial charge in [0.1, 0.15) is 5.58 Å². The van der Waals surface area contributed by atoms with E-state index in [4.69, 9.17) is 4.42 Å². The Bertz CT molecular complexity index is 876. The van der Waals surface area contributed by atoms with Crippen LogP contribution in [0.1, 0.15) is 30.5 Å². The molecule has 23 heavy (non-hydrogen) atoms. The quantitative estimate of drug-likeness (QED) is 0.704. The highest BCUT2D eigenvalue weighted by molar-refractivity contribution is 5.96. The molecule has 0 aliphatic carbocycles. The molecule has 1 heterocycles. The standard InChI is InChI=1S/C18H16O3.C2H6/c1-11-5-3-4-6-14(11)15-9-17(20)21-16-8-13(10-19)7-12(2)18(15)16;1-2/h3-9,19H,10H2,1-2H3;1-2H3. The van der Waals surface area contributed by atoms with Gasteiger partial charge >= 0.3 is 5.63 Å². The van der Waals surface area contributed by atoms with Gasteiger partial charge in [-0.3, -0.25) is 0 Å². The molecule has 120 valence electrons. The predicted molar refractivity (Wildman–Crippen MR) is 94.7 cm³/mol. The summed E-state index contributed by atoms with van der Waals surface area (Å²) in [7, 11) is 0.